The molecule has 0 spiro atoms. The lowest BCUT2D eigenvalue weighted by molar-refractivity contribution is -0.127. The molecule has 1 N–H and O–H groups in total. The van der Waals surface area contributed by atoms with Gasteiger partial charge in [0.2, 0.25) is 17.6 Å². The highest BCUT2D eigenvalue weighted by molar-refractivity contribution is 6.36. The Morgan fingerprint density at radius 2 is 1.86 bits per heavy atom. The molecule has 2 saturated heterocycles. The summed E-state index contributed by atoms with van der Waals surface area (Å²) in [4.78, 5) is 22.3. The maximum atomic E-state index is 13.1. The summed E-state index contributed by atoms with van der Waals surface area (Å²) in [5.41, 5.74) is 3.07. The van der Waals surface area contributed by atoms with E-state index in [2.05, 4.69) is 56.4 Å². The summed E-state index contributed by atoms with van der Waals surface area (Å²) in [5, 5.41) is 8.34. The van der Waals surface area contributed by atoms with Crippen LogP contribution in [-0.4, -0.2) is 47.1 Å². The second-order valence-corrected chi connectivity index (χ2v) is 10.9. The molecule has 0 bridgehead atoms. The number of hydrogen-bond donors (Lipinski definition) is 1. The smallest absolute Gasteiger partial charge is 0.241 e. The molecule has 2 atom stereocenters. The quantitative estimate of drug-likeness (QED) is 0.388. The van der Waals surface area contributed by atoms with Gasteiger partial charge in [-0.3, -0.25) is 9.69 Å². The molecule has 2 aliphatic rings. The minimum atomic E-state index is -0.0723. The van der Waals surface area contributed by atoms with Crippen LogP contribution >= 0.6 is 23.2 Å². The number of anilines is 1. The van der Waals surface area contributed by atoms with Gasteiger partial charge in [0.25, 0.3) is 0 Å². The van der Waals surface area contributed by atoms with Gasteiger partial charge in [-0.25, -0.2) is 0 Å². The van der Waals surface area contributed by atoms with Crippen molar-refractivity contribution in [1.29, 1.82) is 0 Å². The Hall–Kier alpha value is -2.61. The molecule has 37 heavy (non-hydrogen) atoms. The number of nitrogens with one attached hydrogen (secondary N) is 1. The lowest BCUT2D eigenvalue weighted by Crippen LogP contribution is -2.43. The molecule has 3 aromatic rings. The highest BCUT2D eigenvalue weighted by Crippen LogP contribution is 2.29. The number of carbonyl (C=O) groups is 1. The monoisotopic (exact) mass is 541 g/mol. The van der Waals surface area contributed by atoms with Crippen molar-refractivity contribution in [3.05, 3.63) is 64.0 Å². The highest BCUT2D eigenvalue weighted by atomic mass is 35.5. The minimum absolute atomic E-state index is 0.0408. The van der Waals surface area contributed by atoms with Crippen LogP contribution in [-0.2, 0) is 11.3 Å². The SMILES string of the molecule is CC(NC(=O)C1CCCN(Cc2nc(-c3ccc(Cl)cc3Cl)no2)C1)c1ccc(N2CCCCC2)cc1. The molecule has 2 fully saturated rings. The van der Waals surface area contributed by atoms with E-state index in [1.54, 1.807) is 18.2 Å². The van der Waals surface area contributed by atoms with Crippen molar-refractivity contribution in [3.63, 3.8) is 0 Å². The van der Waals surface area contributed by atoms with Gasteiger partial charge in [0.15, 0.2) is 0 Å². The number of piperidine rings is 2. The van der Waals surface area contributed by atoms with Gasteiger partial charge in [-0.1, -0.05) is 40.5 Å². The molecule has 5 rings (SSSR count). The van der Waals surface area contributed by atoms with Crippen molar-refractivity contribution in [1.82, 2.24) is 20.4 Å². The molecular weight excluding hydrogens is 509 g/mol. The Morgan fingerprint density at radius 3 is 2.62 bits per heavy atom. The minimum Gasteiger partial charge on any atom is -0.372 e. The predicted molar refractivity (Wildman–Crippen MR) is 147 cm³/mol. The topological polar surface area (TPSA) is 74.5 Å². The summed E-state index contributed by atoms with van der Waals surface area (Å²) in [5.74, 6) is 0.959. The summed E-state index contributed by atoms with van der Waals surface area (Å²) < 4.78 is 5.48. The molecule has 7 nitrogen and oxygen atoms in total. The third kappa shape index (κ3) is 6.46. The van der Waals surface area contributed by atoms with Gasteiger partial charge in [0.1, 0.15) is 0 Å². The van der Waals surface area contributed by atoms with Crippen LogP contribution in [0.15, 0.2) is 47.0 Å². The third-order valence-corrected chi connectivity index (χ3v) is 7.90. The molecule has 0 radical (unpaired) electrons. The number of aromatic nitrogens is 2. The van der Waals surface area contributed by atoms with Crippen molar-refractivity contribution in [2.75, 3.05) is 31.1 Å². The van der Waals surface area contributed by atoms with E-state index >= 15 is 0 Å². The van der Waals surface area contributed by atoms with Crippen molar-refractivity contribution >= 4 is 34.8 Å². The molecule has 0 aliphatic carbocycles. The van der Waals surface area contributed by atoms with Gasteiger partial charge in [-0.05, 0) is 81.5 Å². The zero-order valence-electron chi connectivity index (χ0n) is 21.1. The molecule has 196 valence electrons. The molecule has 1 aromatic heterocycles. The molecule has 0 saturated carbocycles. The average molecular weight is 543 g/mol. The van der Waals surface area contributed by atoms with E-state index in [0.717, 1.165) is 38.0 Å². The predicted octanol–water partition coefficient (Wildman–Crippen LogP) is 6.12. The maximum Gasteiger partial charge on any atom is 0.241 e. The van der Waals surface area contributed by atoms with Crippen molar-refractivity contribution < 1.29 is 9.32 Å². The van der Waals surface area contributed by atoms with Crippen LogP contribution < -0.4 is 10.2 Å². The van der Waals surface area contributed by atoms with E-state index in [-0.39, 0.29) is 17.9 Å². The lowest BCUT2D eigenvalue weighted by atomic mass is 9.96. The molecule has 9 heteroatoms. The van der Waals surface area contributed by atoms with Crippen LogP contribution in [0.5, 0.6) is 0 Å². The van der Waals surface area contributed by atoms with Gasteiger partial charge in [-0.15, -0.1) is 0 Å². The van der Waals surface area contributed by atoms with Crippen molar-refractivity contribution in [3.8, 4) is 11.4 Å². The largest absolute Gasteiger partial charge is 0.372 e. The second-order valence-electron chi connectivity index (χ2n) is 10.1. The zero-order chi connectivity index (χ0) is 25.8. The number of likely N-dealkylation sites (tertiary alicyclic amines) is 1. The standard InChI is InChI=1S/C28H33Cl2N5O2/c1-19(20-7-10-23(11-8-20)35-14-3-2-4-15-35)31-28(36)21-6-5-13-34(17-21)18-26-32-27(33-37-26)24-12-9-22(29)16-25(24)30/h7-12,16,19,21H,2-6,13-15,17-18H2,1H3,(H,31,36). The van der Waals surface area contributed by atoms with E-state index in [4.69, 9.17) is 27.7 Å². The zero-order valence-corrected chi connectivity index (χ0v) is 22.6. The van der Waals surface area contributed by atoms with Gasteiger partial charge in [0.05, 0.1) is 23.5 Å². The van der Waals surface area contributed by atoms with Gasteiger partial charge in [-0.2, -0.15) is 4.98 Å². The molecular formula is C28H33Cl2N5O2. The first-order valence-corrected chi connectivity index (χ1v) is 13.9. The van der Waals surface area contributed by atoms with E-state index < -0.39 is 0 Å². The van der Waals surface area contributed by atoms with Crippen LogP contribution in [0.2, 0.25) is 10.0 Å². The second kappa shape index (κ2) is 11.8. The Bertz CT molecular complexity index is 1210. The average Bonchev–Trinajstić information content (AvgIpc) is 3.37. The molecule has 1 amide bonds. The van der Waals surface area contributed by atoms with E-state index in [1.807, 2.05) is 0 Å². The number of benzene rings is 2. The molecule has 2 unspecified atom stereocenters. The summed E-state index contributed by atoms with van der Waals surface area (Å²) in [6.45, 7) is 6.35. The van der Waals surface area contributed by atoms with Gasteiger partial charge in [0, 0.05) is 35.9 Å². The Morgan fingerprint density at radius 1 is 1.08 bits per heavy atom. The number of rotatable bonds is 7. The molecule has 2 aromatic carbocycles. The van der Waals surface area contributed by atoms with Crippen LogP contribution in [0.1, 0.15) is 56.5 Å². The highest BCUT2D eigenvalue weighted by Gasteiger charge is 2.28. The fourth-order valence-corrected chi connectivity index (χ4v) is 5.74. The summed E-state index contributed by atoms with van der Waals surface area (Å²) in [6.07, 6.45) is 5.66. The first-order chi connectivity index (χ1) is 18.0. The number of halogens is 2. The van der Waals surface area contributed by atoms with Crippen molar-refractivity contribution in [2.45, 2.75) is 51.6 Å². The van der Waals surface area contributed by atoms with Crippen LogP contribution in [0.3, 0.4) is 0 Å². The first-order valence-electron chi connectivity index (χ1n) is 13.1. The first kappa shape index (κ1) is 26.0. The normalized spacial score (nSPS) is 19.5. The van der Waals surface area contributed by atoms with Gasteiger partial charge < -0.3 is 14.7 Å². The summed E-state index contributed by atoms with van der Waals surface area (Å²) >= 11 is 12.3. The maximum absolute atomic E-state index is 13.1. The van der Waals surface area contributed by atoms with Crippen LogP contribution in [0.4, 0.5) is 5.69 Å². The molecule has 2 aliphatic heterocycles. The third-order valence-electron chi connectivity index (χ3n) is 7.35. The Labute approximate surface area is 228 Å². The fourth-order valence-electron chi connectivity index (χ4n) is 5.24. The Balaban J connectivity index is 1.15. The lowest BCUT2D eigenvalue weighted by Gasteiger charge is -2.31. The number of hydrogen-bond acceptors (Lipinski definition) is 6. The van der Waals surface area contributed by atoms with E-state index in [9.17, 15) is 4.79 Å². The number of amides is 1. The number of nitrogens with zero attached hydrogens (tertiary/aromatic N) is 4. The van der Waals surface area contributed by atoms with Crippen LogP contribution in [0.25, 0.3) is 11.4 Å². The van der Waals surface area contributed by atoms with E-state index in [0.29, 0.717) is 40.4 Å². The molecule has 3 heterocycles. The van der Waals surface area contributed by atoms with Crippen LogP contribution in [0, 0.1) is 5.92 Å². The van der Waals surface area contributed by atoms with Gasteiger partial charge >= 0.3 is 0 Å². The number of carbonyl (C=O) groups excluding carboxylic acids is 1. The van der Waals surface area contributed by atoms with Crippen molar-refractivity contribution in [2.24, 2.45) is 5.92 Å². The fraction of sp³-hybridized carbons (Fsp3) is 0.464. The summed E-state index contributed by atoms with van der Waals surface area (Å²) in [6, 6.07) is 13.8. The summed E-state index contributed by atoms with van der Waals surface area (Å²) in [7, 11) is 0. The van der Waals surface area contributed by atoms with E-state index in [1.165, 1.54) is 24.9 Å². The Kier molecular flexibility index (Phi) is 8.33.